The molecule has 0 bridgehead atoms. The predicted molar refractivity (Wildman–Crippen MR) is 79.6 cm³/mol. The lowest BCUT2D eigenvalue weighted by atomic mass is 9.86. The van der Waals surface area contributed by atoms with E-state index in [4.69, 9.17) is 6.42 Å². The maximum atomic E-state index is 11.5. The Kier molecular flexibility index (Phi) is 5.03. The lowest BCUT2D eigenvalue weighted by Crippen LogP contribution is -2.27. The van der Waals surface area contributed by atoms with Gasteiger partial charge in [0.15, 0.2) is 0 Å². The molecule has 1 aromatic rings. The largest absolute Gasteiger partial charge is 0.481 e. The van der Waals surface area contributed by atoms with Crippen LogP contribution in [0.1, 0.15) is 12.0 Å². The quantitative estimate of drug-likeness (QED) is 0.688. The Labute approximate surface area is 119 Å². The molecule has 0 aliphatic carbocycles. The van der Waals surface area contributed by atoms with Gasteiger partial charge in [-0.3, -0.25) is 4.79 Å². The van der Waals surface area contributed by atoms with E-state index >= 15 is 0 Å². The molecule has 0 amide bonds. The Morgan fingerprint density at radius 2 is 2.45 bits per heavy atom. The first-order valence-electron chi connectivity index (χ1n) is 6.90. The predicted octanol–water partition coefficient (Wildman–Crippen LogP) is 1.58. The van der Waals surface area contributed by atoms with E-state index in [0.29, 0.717) is 13.0 Å². The summed E-state index contributed by atoms with van der Waals surface area (Å²) < 4.78 is 0. The van der Waals surface area contributed by atoms with Gasteiger partial charge in [-0.25, -0.2) is 0 Å². The van der Waals surface area contributed by atoms with Crippen molar-refractivity contribution >= 4 is 11.7 Å². The van der Waals surface area contributed by atoms with Crippen molar-refractivity contribution in [1.29, 1.82) is 0 Å². The number of aliphatic carboxylic acids is 1. The van der Waals surface area contributed by atoms with Crippen molar-refractivity contribution in [3.8, 4) is 12.3 Å². The van der Waals surface area contributed by atoms with Crippen LogP contribution < -0.4 is 10.6 Å². The van der Waals surface area contributed by atoms with Crippen molar-refractivity contribution in [3.05, 3.63) is 29.8 Å². The number of hydrogen-bond acceptors (Lipinski definition) is 3. The zero-order valence-corrected chi connectivity index (χ0v) is 11.4. The highest BCUT2D eigenvalue weighted by Gasteiger charge is 2.30. The van der Waals surface area contributed by atoms with Crippen LogP contribution in [0, 0.1) is 24.2 Å². The van der Waals surface area contributed by atoms with Crippen molar-refractivity contribution in [2.75, 3.05) is 25.0 Å². The summed E-state index contributed by atoms with van der Waals surface area (Å²) in [7, 11) is 0. The molecule has 1 unspecified atom stereocenters. The standard InChI is InChI=1S/C16H20N2O2/c1-2-7-18-14-5-3-4-12(9-14)10-15(16(19)20)13-6-8-17-11-13/h1,3-5,9,13,15,17-18H,6-8,10-11H2,(H,19,20)/t13-,15?/m0/s1. The molecule has 1 fully saturated rings. The second-order valence-electron chi connectivity index (χ2n) is 5.16. The molecule has 0 aromatic heterocycles. The van der Waals surface area contributed by atoms with E-state index in [9.17, 15) is 9.90 Å². The number of carboxylic acids is 1. The van der Waals surface area contributed by atoms with Crippen molar-refractivity contribution in [3.63, 3.8) is 0 Å². The van der Waals surface area contributed by atoms with Crippen LogP contribution >= 0.6 is 0 Å². The highest BCUT2D eigenvalue weighted by Crippen LogP contribution is 2.24. The van der Waals surface area contributed by atoms with Gasteiger partial charge in [0.05, 0.1) is 12.5 Å². The second kappa shape index (κ2) is 6.97. The summed E-state index contributed by atoms with van der Waals surface area (Å²) in [5.41, 5.74) is 1.97. The molecule has 1 saturated heterocycles. The number of hydrogen-bond donors (Lipinski definition) is 3. The molecule has 2 atom stereocenters. The smallest absolute Gasteiger partial charge is 0.307 e. The van der Waals surface area contributed by atoms with Gasteiger partial charge in [0.1, 0.15) is 0 Å². The summed E-state index contributed by atoms with van der Waals surface area (Å²) in [6.45, 7) is 2.18. The normalized spacial score (nSPS) is 19.2. The van der Waals surface area contributed by atoms with Gasteiger partial charge in [-0.05, 0) is 49.5 Å². The molecule has 1 aromatic carbocycles. The van der Waals surface area contributed by atoms with E-state index in [0.717, 1.165) is 30.8 Å². The number of anilines is 1. The summed E-state index contributed by atoms with van der Waals surface area (Å²) in [6, 6.07) is 7.82. The fourth-order valence-corrected chi connectivity index (χ4v) is 2.69. The minimum atomic E-state index is -0.708. The van der Waals surface area contributed by atoms with Crippen LogP contribution in [-0.4, -0.2) is 30.7 Å². The average molecular weight is 272 g/mol. The van der Waals surface area contributed by atoms with Crippen molar-refractivity contribution in [1.82, 2.24) is 5.32 Å². The molecular weight excluding hydrogens is 252 g/mol. The Hall–Kier alpha value is -1.99. The number of carboxylic acid groups (broad SMARTS) is 1. The third-order valence-electron chi connectivity index (χ3n) is 3.76. The molecule has 3 N–H and O–H groups in total. The van der Waals surface area contributed by atoms with Crippen LogP contribution in [-0.2, 0) is 11.2 Å². The van der Waals surface area contributed by atoms with E-state index in [1.807, 2.05) is 24.3 Å². The van der Waals surface area contributed by atoms with Crippen molar-refractivity contribution in [2.45, 2.75) is 12.8 Å². The van der Waals surface area contributed by atoms with Crippen LogP contribution in [0.3, 0.4) is 0 Å². The summed E-state index contributed by atoms with van der Waals surface area (Å²) >= 11 is 0. The molecule has 1 aliphatic rings. The van der Waals surface area contributed by atoms with Crippen molar-refractivity contribution < 1.29 is 9.90 Å². The van der Waals surface area contributed by atoms with Gasteiger partial charge >= 0.3 is 5.97 Å². The molecule has 1 aliphatic heterocycles. The first-order chi connectivity index (χ1) is 9.70. The molecule has 0 radical (unpaired) electrons. The van der Waals surface area contributed by atoms with Gasteiger partial charge in [0.2, 0.25) is 0 Å². The zero-order valence-electron chi connectivity index (χ0n) is 11.4. The number of terminal acetylenes is 1. The number of carbonyl (C=O) groups is 1. The van der Waals surface area contributed by atoms with Crippen LogP contribution in [0.25, 0.3) is 0 Å². The number of nitrogens with one attached hydrogen (secondary N) is 2. The lowest BCUT2D eigenvalue weighted by molar-refractivity contribution is -0.143. The zero-order chi connectivity index (χ0) is 14.4. The Balaban J connectivity index is 2.06. The molecular formula is C16H20N2O2. The molecule has 1 heterocycles. The molecule has 0 saturated carbocycles. The third-order valence-corrected chi connectivity index (χ3v) is 3.76. The average Bonchev–Trinajstić information content (AvgIpc) is 2.96. The van der Waals surface area contributed by atoms with E-state index in [1.165, 1.54) is 0 Å². The Morgan fingerprint density at radius 1 is 1.60 bits per heavy atom. The monoisotopic (exact) mass is 272 g/mol. The molecule has 4 nitrogen and oxygen atoms in total. The van der Waals surface area contributed by atoms with Gasteiger partial charge in [0.25, 0.3) is 0 Å². The number of rotatable bonds is 6. The van der Waals surface area contributed by atoms with Crippen LogP contribution in [0.15, 0.2) is 24.3 Å². The minimum Gasteiger partial charge on any atom is -0.481 e. The van der Waals surface area contributed by atoms with E-state index in [-0.39, 0.29) is 11.8 Å². The molecule has 4 heteroatoms. The van der Waals surface area contributed by atoms with Gasteiger partial charge in [0, 0.05) is 5.69 Å². The summed E-state index contributed by atoms with van der Waals surface area (Å²) in [5.74, 6) is 1.71. The van der Waals surface area contributed by atoms with Crippen LogP contribution in [0.4, 0.5) is 5.69 Å². The van der Waals surface area contributed by atoms with Crippen molar-refractivity contribution in [2.24, 2.45) is 11.8 Å². The molecule has 106 valence electrons. The first-order valence-corrected chi connectivity index (χ1v) is 6.90. The second-order valence-corrected chi connectivity index (χ2v) is 5.16. The maximum Gasteiger partial charge on any atom is 0.307 e. The Morgan fingerprint density at radius 3 is 3.10 bits per heavy atom. The highest BCUT2D eigenvalue weighted by molar-refractivity contribution is 5.71. The summed E-state index contributed by atoms with van der Waals surface area (Å²) in [5, 5.41) is 15.8. The fourth-order valence-electron chi connectivity index (χ4n) is 2.69. The SMILES string of the molecule is C#CCNc1cccc(CC(C(=O)O)[C@H]2CCNC2)c1. The van der Waals surface area contributed by atoms with Crippen LogP contribution in [0.2, 0.25) is 0 Å². The first kappa shape index (κ1) is 14.4. The third kappa shape index (κ3) is 3.75. The highest BCUT2D eigenvalue weighted by atomic mass is 16.4. The molecule has 0 spiro atoms. The van der Waals surface area contributed by atoms with Gasteiger partial charge in [-0.2, -0.15) is 0 Å². The summed E-state index contributed by atoms with van der Waals surface area (Å²) in [6.07, 6.45) is 6.72. The lowest BCUT2D eigenvalue weighted by Gasteiger charge is -2.19. The topological polar surface area (TPSA) is 61.4 Å². The Bertz CT molecular complexity index is 501. The van der Waals surface area contributed by atoms with Crippen LogP contribution in [0.5, 0.6) is 0 Å². The molecule has 2 rings (SSSR count). The van der Waals surface area contributed by atoms with Gasteiger partial charge < -0.3 is 15.7 Å². The van der Waals surface area contributed by atoms with E-state index in [1.54, 1.807) is 0 Å². The maximum absolute atomic E-state index is 11.5. The van der Waals surface area contributed by atoms with Gasteiger partial charge in [-0.15, -0.1) is 6.42 Å². The van der Waals surface area contributed by atoms with E-state index < -0.39 is 5.97 Å². The minimum absolute atomic E-state index is 0.217. The van der Waals surface area contributed by atoms with E-state index in [2.05, 4.69) is 16.6 Å². The number of benzene rings is 1. The molecule has 20 heavy (non-hydrogen) atoms. The summed E-state index contributed by atoms with van der Waals surface area (Å²) in [4.78, 5) is 11.5. The fraction of sp³-hybridized carbons (Fsp3) is 0.438. The van der Waals surface area contributed by atoms with Gasteiger partial charge in [-0.1, -0.05) is 18.1 Å².